The average Bonchev–Trinajstić information content (AvgIpc) is 3.11. The standard InChI is InChI=1S/C27H38N2O/c1-17-3-7-21-19(13-17)5-8-23-22(21)11-12-27(2)24(23)9-10-25(27)26(30)14-20-6-4-18(15-28)16-29-20/h4,16-17,19-25H,3,5-14H2,1-2H3/t17-,19+,20?,21-,22+,23+,24-,25+,27-/m0/s1. The monoisotopic (exact) mass is 406 g/mol. The zero-order valence-corrected chi connectivity index (χ0v) is 18.9. The number of ketones is 1. The van der Waals surface area contributed by atoms with Gasteiger partial charge in [0, 0.05) is 18.6 Å². The highest BCUT2D eigenvalue weighted by Gasteiger charge is 2.58. The molecule has 0 amide bonds. The van der Waals surface area contributed by atoms with E-state index in [1.54, 1.807) is 6.21 Å². The van der Waals surface area contributed by atoms with Crippen molar-refractivity contribution in [3.63, 3.8) is 0 Å². The van der Waals surface area contributed by atoms with Crippen LogP contribution in [-0.4, -0.2) is 18.0 Å². The van der Waals surface area contributed by atoms with E-state index in [9.17, 15) is 4.79 Å². The van der Waals surface area contributed by atoms with Crippen LogP contribution in [0, 0.1) is 58.2 Å². The second kappa shape index (κ2) is 7.92. The van der Waals surface area contributed by atoms with E-state index in [0.717, 1.165) is 48.3 Å². The molecule has 0 aromatic rings. The molecule has 4 saturated carbocycles. The van der Waals surface area contributed by atoms with E-state index >= 15 is 0 Å². The molecule has 5 rings (SSSR count). The van der Waals surface area contributed by atoms with Crippen LogP contribution < -0.4 is 0 Å². The Bertz CT molecular complexity index is 791. The van der Waals surface area contributed by atoms with Crippen LogP contribution in [0.15, 0.2) is 16.6 Å². The molecule has 0 aromatic carbocycles. The number of carbonyl (C=O) groups excluding carboxylic acids is 1. The molecule has 0 aromatic heterocycles. The highest BCUT2D eigenvalue weighted by atomic mass is 16.1. The summed E-state index contributed by atoms with van der Waals surface area (Å²) in [5.41, 5.74) is 0.858. The summed E-state index contributed by atoms with van der Waals surface area (Å²) in [4.78, 5) is 17.9. The summed E-state index contributed by atoms with van der Waals surface area (Å²) in [6.07, 6.45) is 17.2. The van der Waals surface area contributed by atoms with Crippen molar-refractivity contribution < 1.29 is 4.79 Å². The largest absolute Gasteiger partial charge is 0.299 e. The Morgan fingerprint density at radius 2 is 1.97 bits per heavy atom. The number of fused-ring (bicyclic) bond motifs is 5. The lowest BCUT2D eigenvalue weighted by atomic mass is 9.49. The number of Topliss-reactive ketones (excluding diaryl/α,β-unsaturated/α-hetero) is 1. The summed E-state index contributed by atoms with van der Waals surface area (Å²) in [6.45, 7) is 4.93. The Kier molecular flexibility index (Phi) is 5.41. The van der Waals surface area contributed by atoms with Crippen molar-refractivity contribution in [2.75, 3.05) is 0 Å². The minimum absolute atomic E-state index is 0.0493. The first kappa shape index (κ1) is 20.5. The molecule has 3 nitrogen and oxygen atoms in total. The Morgan fingerprint density at radius 3 is 2.73 bits per heavy atom. The number of nitrogens with zero attached hydrogens (tertiary/aromatic N) is 2. The summed E-state index contributed by atoms with van der Waals surface area (Å²) < 4.78 is 0. The Labute approximate surface area is 182 Å². The minimum Gasteiger partial charge on any atom is -0.299 e. The van der Waals surface area contributed by atoms with Crippen LogP contribution in [0.4, 0.5) is 0 Å². The lowest BCUT2D eigenvalue weighted by molar-refractivity contribution is -0.130. The molecule has 0 bridgehead atoms. The topological polar surface area (TPSA) is 53.2 Å². The van der Waals surface area contributed by atoms with Crippen molar-refractivity contribution in [3.8, 4) is 6.07 Å². The zero-order chi connectivity index (χ0) is 20.9. The number of nitriles is 1. The second-order valence-corrected chi connectivity index (χ2v) is 11.6. The Balaban J connectivity index is 1.26. The summed E-state index contributed by atoms with van der Waals surface area (Å²) in [6, 6.07) is 2.20. The average molecular weight is 407 g/mol. The maximum Gasteiger partial charge on any atom is 0.138 e. The molecule has 0 spiro atoms. The summed E-state index contributed by atoms with van der Waals surface area (Å²) in [7, 11) is 0. The normalized spacial score (nSPS) is 47.4. The molecule has 4 aliphatic carbocycles. The van der Waals surface area contributed by atoms with E-state index in [0.29, 0.717) is 17.8 Å². The third kappa shape index (κ3) is 3.39. The molecule has 0 radical (unpaired) electrons. The predicted molar refractivity (Wildman–Crippen MR) is 120 cm³/mol. The van der Waals surface area contributed by atoms with E-state index in [2.05, 4.69) is 24.9 Å². The quantitative estimate of drug-likeness (QED) is 0.565. The van der Waals surface area contributed by atoms with Crippen LogP contribution in [0.2, 0.25) is 0 Å². The van der Waals surface area contributed by atoms with Gasteiger partial charge in [-0.3, -0.25) is 9.79 Å². The summed E-state index contributed by atoms with van der Waals surface area (Å²) >= 11 is 0. The van der Waals surface area contributed by atoms with E-state index in [1.165, 1.54) is 51.4 Å². The van der Waals surface area contributed by atoms with Crippen LogP contribution in [0.1, 0.15) is 84.5 Å². The SMILES string of the molecule is C[C@H]1CC[C@H]2[C@H](CC[C@@H]3[C@@H]2CC[C@]2(C)[C@@H](C(=O)CC4CC=C(C#N)C=N4)CC[C@@H]32)C1. The predicted octanol–water partition coefficient (Wildman–Crippen LogP) is 6.14. The van der Waals surface area contributed by atoms with Crippen LogP contribution in [0.3, 0.4) is 0 Å². The van der Waals surface area contributed by atoms with Crippen LogP contribution in [-0.2, 0) is 4.79 Å². The van der Waals surface area contributed by atoms with Crippen molar-refractivity contribution in [1.82, 2.24) is 0 Å². The summed E-state index contributed by atoms with van der Waals surface area (Å²) in [5, 5.41) is 9.00. The first-order chi connectivity index (χ1) is 14.5. The van der Waals surface area contributed by atoms with Gasteiger partial charge < -0.3 is 0 Å². The van der Waals surface area contributed by atoms with Gasteiger partial charge in [0.2, 0.25) is 0 Å². The van der Waals surface area contributed by atoms with Crippen molar-refractivity contribution in [2.24, 2.45) is 51.8 Å². The van der Waals surface area contributed by atoms with Gasteiger partial charge in [0.15, 0.2) is 0 Å². The Morgan fingerprint density at radius 1 is 1.13 bits per heavy atom. The molecule has 1 aliphatic heterocycles. The third-order valence-corrected chi connectivity index (χ3v) is 10.2. The third-order valence-electron chi connectivity index (χ3n) is 10.2. The maximum absolute atomic E-state index is 13.4. The molecular formula is C27H38N2O. The number of rotatable bonds is 3. The van der Waals surface area contributed by atoms with Crippen LogP contribution in [0.25, 0.3) is 0 Å². The molecule has 0 N–H and O–H groups in total. The van der Waals surface area contributed by atoms with E-state index in [4.69, 9.17) is 5.26 Å². The highest BCUT2D eigenvalue weighted by Crippen LogP contribution is 2.64. The van der Waals surface area contributed by atoms with Gasteiger partial charge in [-0.15, -0.1) is 0 Å². The van der Waals surface area contributed by atoms with Gasteiger partial charge in [-0.05, 0) is 98.7 Å². The Hall–Kier alpha value is -1.43. The van der Waals surface area contributed by atoms with Gasteiger partial charge >= 0.3 is 0 Å². The minimum atomic E-state index is 0.0493. The smallest absolute Gasteiger partial charge is 0.138 e. The summed E-state index contributed by atoms with van der Waals surface area (Å²) in [5.74, 6) is 6.20. The van der Waals surface area contributed by atoms with Gasteiger partial charge in [0.1, 0.15) is 11.9 Å². The van der Waals surface area contributed by atoms with Gasteiger partial charge in [0.25, 0.3) is 0 Å². The van der Waals surface area contributed by atoms with Crippen molar-refractivity contribution in [3.05, 3.63) is 11.6 Å². The molecule has 1 heterocycles. The molecule has 4 fully saturated rings. The fraction of sp³-hybridized carbons (Fsp3) is 0.815. The van der Waals surface area contributed by atoms with Crippen molar-refractivity contribution in [2.45, 2.75) is 90.5 Å². The first-order valence-corrected chi connectivity index (χ1v) is 12.7. The number of allylic oxidation sites excluding steroid dienone is 1. The zero-order valence-electron chi connectivity index (χ0n) is 18.9. The number of aliphatic imine (C=N–C) groups is 1. The van der Waals surface area contributed by atoms with Gasteiger partial charge in [-0.25, -0.2) is 0 Å². The van der Waals surface area contributed by atoms with E-state index in [1.807, 2.05) is 6.08 Å². The van der Waals surface area contributed by atoms with Crippen LogP contribution in [0.5, 0.6) is 0 Å². The first-order valence-electron chi connectivity index (χ1n) is 12.7. The molecule has 3 heteroatoms. The van der Waals surface area contributed by atoms with Gasteiger partial charge in [-0.1, -0.05) is 26.3 Å². The van der Waals surface area contributed by atoms with Gasteiger partial charge in [0.05, 0.1) is 11.6 Å². The number of carbonyl (C=O) groups is 1. The molecule has 1 unspecified atom stereocenters. The lowest BCUT2D eigenvalue weighted by Crippen LogP contribution is -2.49. The molecule has 5 aliphatic rings. The number of dihydropyridines is 1. The van der Waals surface area contributed by atoms with Crippen LogP contribution >= 0.6 is 0 Å². The fourth-order valence-electron chi connectivity index (χ4n) is 8.76. The molecular weight excluding hydrogens is 368 g/mol. The molecule has 30 heavy (non-hydrogen) atoms. The fourth-order valence-corrected chi connectivity index (χ4v) is 8.76. The van der Waals surface area contributed by atoms with Crippen molar-refractivity contribution >= 4 is 12.0 Å². The second-order valence-electron chi connectivity index (χ2n) is 11.6. The number of hydrogen-bond acceptors (Lipinski definition) is 3. The van der Waals surface area contributed by atoms with Crippen molar-refractivity contribution in [1.29, 1.82) is 5.26 Å². The molecule has 9 atom stereocenters. The molecule has 0 saturated heterocycles. The maximum atomic E-state index is 13.4. The highest BCUT2D eigenvalue weighted by molar-refractivity contribution is 5.86. The number of hydrogen-bond donors (Lipinski definition) is 0. The van der Waals surface area contributed by atoms with E-state index in [-0.39, 0.29) is 17.4 Å². The van der Waals surface area contributed by atoms with Gasteiger partial charge in [-0.2, -0.15) is 5.26 Å². The molecule has 162 valence electrons. The van der Waals surface area contributed by atoms with E-state index < -0.39 is 0 Å². The lowest BCUT2D eigenvalue weighted by Gasteiger charge is -2.56.